The van der Waals surface area contributed by atoms with E-state index in [4.69, 9.17) is 4.42 Å². The Labute approximate surface area is 89.2 Å². The van der Waals surface area contributed by atoms with Gasteiger partial charge in [-0.1, -0.05) is 6.92 Å². The molecule has 82 valence electrons. The maximum atomic E-state index is 12.1. The summed E-state index contributed by atoms with van der Waals surface area (Å²) in [5.74, 6) is 0.889. The first-order valence-electron chi connectivity index (χ1n) is 5.39. The smallest absolute Gasteiger partial charge is 0.257 e. The van der Waals surface area contributed by atoms with Crippen LogP contribution in [0.2, 0.25) is 0 Å². The van der Waals surface area contributed by atoms with E-state index in [2.05, 4.69) is 5.32 Å². The van der Waals surface area contributed by atoms with Crippen LogP contribution in [0.25, 0.3) is 0 Å². The fraction of sp³-hybridized carbons (Fsp3) is 0.545. The number of furan rings is 1. The lowest BCUT2D eigenvalue weighted by molar-refractivity contribution is 0.0733. The number of aryl methyl sites for hydroxylation is 1. The molecule has 1 aromatic rings. The van der Waals surface area contributed by atoms with Crippen molar-refractivity contribution in [3.8, 4) is 0 Å². The number of carbonyl (C=O) groups excluding carboxylic acids is 1. The molecule has 1 aromatic heterocycles. The second-order valence-electron chi connectivity index (χ2n) is 3.65. The number of hydrogen-bond acceptors (Lipinski definition) is 3. The summed E-state index contributed by atoms with van der Waals surface area (Å²) in [6.45, 7) is 5.32. The Hall–Kier alpha value is -1.29. The summed E-state index contributed by atoms with van der Waals surface area (Å²) < 4.78 is 5.26. The van der Waals surface area contributed by atoms with Gasteiger partial charge in [-0.25, -0.2) is 0 Å². The van der Waals surface area contributed by atoms with Gasteiger partial charge in [-0.15, -0.1) is 0 Å². The molecule has 0 unspecified atom stereocenters. The van der Waals surface area contributed by atoms with E-state index < -0.39 is 0 Å². The molecule has 1 saturated heterocycles. The van der Waals surface area contributed by atoms with Crippen LogP contribution in [0.15, 0.2) is 16.7 Å². The standard InChI is InChI=1S/C11H16N2O2/c1-2-10-9(3-8-15-10)11(14)13-6-4-12-5-7-13/h3,8,12H,2,4-7H2,1H3. The molecule has 0 atom stereocenters. The van der Waals surface area contributed by atoms with Crippen molar-refractivity contribution in [1.82, 2.24) is 10.2 Å². The number of nitrogens with one attached hydrogen (secondary N) is 1. The molecule has 0 aliphatic carbocycles. The van der Waals surface area contributed by atoms with E-state index in [1.807, 2.05) is 11.8 Å². The van der Waals surface area contributed by atoms with E-state index in [1.165, 1.54) is 0 Å². The van der Waals surface area contributed by atoms with Crippen LogP contribution in [-0.4, -0.2) is 37.0 Å². The van der Waals surface area contributed by atoms with Gasteiger partial charge in [0.15, 0.2) is 0 Å². The minimum Gasteiger partial charge on any atom is -0.469 e. The van der Waals surface area contributed by atoms with Gasteiger partial charge in [0.05, 0.1) is 11.8 Å². The molecule has 0 bridgehead atoms. The molecule has 0 aromatic carbocycles. The van der Waals surface area contributed by atoms with Gasteiger partial charge >= 0.3 is 0 Å². The van der Waals surface area contributed by atoms with Crippen LogP contribution in [-0.2, 0) is 6.42 Å². The molecule has 0 radical (unpaired) electrons. The summed E-state index contributed by atoms with van der Waals surface area (Å²) in [5, 5.41) is 3.23. The summed E-state index contributed by atoms with van der Waals surface area (Å²) in [4.78, 5) is 14.0. The lowest BCUT2D eigenvalue weighted by atomic mass is 10.2. The molecular weight excluding hydrogens is 192 g/mol. The van der Waals surface area contributed by atoms with Crippen molar-refractivity contribution in [2.75, 3.05) is 26.2 Å². The van der Waals surface area contributed by atoms with Crippen molar-refractivity contribution >= 4 is 5.91 Å². The molecule has 1 N–H and O–H groups in total. The van der Waals surface area contributed by atoms with E-state index in [1.54, 1.807) is 12.3 Å². The second-order valence-corrected chi connectivity index (χ2v) is 3.65. The Morgan fingerprint density at radius 2 is 2.27 bits per heavy atom. The Balaban J connectivity index is 2.12. The van der Waals surface area contributed by atoms with Crippen molar-refractivity contribution < 1.29 is 9.21 Å². The first kappa shape index (κ1) is 10.2. The Bertz CT molecular complexity index is 340. The highest BCUT2D eigenvalue weighted by Crippen LogP contribution is 2.14. The predicted octanol–water partition coefficient (Wildman–Crippen LogP) is 0.887. The van der Waals surface area contributed by atoms with Crippen molar-refractivity contribution in [3.63, 3.8) is 0 Å². The fourth-order valence-corrected chi connectivity index (χ4v) is 1.84. The number of hydrogen-bond donors (Lipinski definition) is 1. The maximum absolute atomic E-state index is 12.1. The zero-order valence-corrected chi connectivity index (χ0v) is 8.95. The summed E-state index contributed by atoms with van der Waals surface area (Å²) in [6.07, 6.45) is 2.36. The molecule has 2 heterocycles. The van der Waals surface area contributed by atoms with Crippen molar-refractivity contribution in [2.24, 2.45) is 0 Å². The number of rotatable bonds is 2. The van der Waals surface area contributed by atoms with Crippen LogP contribution in [0, 0.1) is 0 Å². The highest BCUT2D eigenvalue weighted by Gasteiger charge is 2.21. The lowest BCUT2D eigenvalue weighted by Crippen LogP contribution is -2.46. The topological polar surface area (TPSA) is 45.5 Å². The third-order valence-corrected chi connectivity index (χ3v) is 2.70. The summed E-state index contributed by atoms with van der Waals surface area (Å²) in [5.41, 5.74) is 0.722. The first-order valence-corrected chi connectivity index (χ1v) is 5.39. The second kappa shape index (κ2) is 4.49. The molecule has 4 nitrogen and oxygen atoms in total. The Morgan fingerprint density at radius 1 is 1.53 bits per heavy atom. The van der Waals surface area contributed by atoms with E-state index in [0.29, 0.717) is 0 Å². The predicted molar refractivity (Wildman–Crippen MR) is 56.9 cm³/mol. The number of piperazine rings is 1. The molecule has 1 aliphatic heterocycles. The average Bonchev–Trinajstić information content (AvgIpc) is 2.77. The summed E-state index contributed by atoms with van der Waals surface area (Å²) in [7, 11) is 0. The van der Waals surface area contributed by atoms with Crippen molar-refractivity contribution in [2.45, 2.75) is 13.3 Å². The largest absolute Gasteiger partial charge is 0.469 e. The van der Waals surface area contributed by atoms with Gasteiger partial charge in [-0.3, -0.25) is 4.79 Å². The van der Waals surface area contributed by atoms with E-state index in [-0.39, 0.29) is 5.91 Å². The fourth-order valence-electron chi connectivity index (χ4n) is 1.84. The third kappa shape index (κ3) is 2.04. The third-order valence-electron chi connectivity index (χ3n) is 2.70. The van der Waals surface area contributed by atoms with Crippen LogP contribution in [0.4, 0.5) is 0 Å². The highest BCUT2D eigenvalue weighted by atomic mass is 16.3. The van der Waals surface area contributed by atoms with Gasteiger partial charge in [0.25, 0.3) is 5.91 Å². The van der Waals surface area contributed by atoms with Gasteiger partial charge < -0.3 is 14.6 Å². The van der Waals surface area contributed by atoms with Gasteiger partial charge in [-0.2, -0.15) is 0 Å². The van der Waals surface area contributed by atoms with Crippen molar-refractivity contribution in [1.29, 1.82) is 0 Å². The zero-order chi connectivity index (χ0) is 10.7. The molecule has 0 spiro atoms. The number of amides is 1. The molecule has 1 aliphatic rings. The Kier molecular flexibility index (Phi) is 3.06. The summed E-state index contributed by atoms with van der Waals surface area (Å²) >= 11 is 0. The number of nitrogens with zero attached hydrogens (tertiary/aromatic N) is 1. The molecule has 1 amide bonds. The average molecular weight is 208 g/mol. The normalized spacial score (nSPS) is 16.7. The van der Waals surface area contributed by atoms with E-state index >= 15 is 0 Å². The molecule has 2 rings (SSSR count). The van der Waals surface area contributed by atoms with Crippen molar-refractivity contribution in [3.05, 3.63) is 23.7 Å². The van der Waals surface area contributed by atoms with Gasteiger partial charge in [0, 0.05) is 32.6 Å². The highest BCUT2D eigenvalue weighted by molar-refractivity contribution is 5.95. The molecule has 15 heavy (non-hydrogen) atoms. The van der Waals surface area contributed by atoms with Crippen LogP contribution in [0.3, 0.4) is 0 Å². The zero-order valence-electron chi connectivity index (χ0n) is 8.95. The van der Waals surface area contributed by atoms with Gasteiger partial charge in [0.2, 0.25) is 0 Å². The Morgan fingerprint density at radius 3 is 2.93 bits per heavy atom. The molecule has 0 saturated carbocycles. The van der Waals surface area contributed by atoms with Crippen LogP contribution in [0.5, 0.6) is 0 Å². The van der Waals surface area contributed by atoms with Gasteiger partial charge in [-0.05, 0) is 6.07 Å². The SMILES string of the molecule is CCc1occc1C(=O)N1CCNCC1. The molecular formula is C11H16N2O2. The minimum atomic E-state index is 0.0992. The van der Waals surface area contributed by atoms with Crippen LogP contribution < -0.4 is 5.32 Å². The molecule has 4 heteroatoms. The van der Waals surface area contributed by atoms with Crippen LogP contribution >= 0.6 is 0 Å². The molecule has 1 fully saturated rings. The summed E-state index contributed by atoms with van der Waals surface area (Å²) in [6, 6.07) is 1.77. The number of carbonyl (C=O) groups is 1. The lowest BCUT2D eigenvalue weighted by Gasteiger charge is -2.27. The van der Waals surface area contributed by atoms with E-state index in [0.717, 1.165) is 43.9 Å². The van der Waals surface area contributed by atoms with Gasteiger partial charge in [0.1, 0.15) is 5.76 Å². The quantitative estimate of drug-likeness (QED) is 0.785. The first-order chi connectivity index (χ1) is 7.33. The monoisotopic (exact) mass is 208 g/mol. The minimum absolute atomic E-state index is 0.0992. The maximum Gasteiger partial charge on any atom is 0.257 e. The van der Waals surface area contributed by atoms with E-state index in [9.17, 15) is 4.79 Å². The van der Waals surface area contributed by atoms with Crippen LogP contribution in [0.1, 0.15) is 23.0 Å².